The summed E-state index contributed by atoms with van der Waals surface area (Å²) in [7, 11) is -3.65. The second-order valence-corrected chi connectivity index (χ2v) is 5.25. The lowest BCUT2D eigenvalue weighted by atomic mass is 10.5. The maximum Gasteiger partial charge on any atom is 0.246 e. The molecule has 0 aromatic carbocycles. The van der Waals surface area contributed by atoms with Crippen molar-refractivity contribution < 1.29 is 8.42 Å². The Hall–Kier alpha value is -1.09. The molecule has 1 rings (SSSR count). The van der Waals surface area contributed by atoms with Gasteiger partial charge in [-0.05, 0) is 6.07 Å². The first-order chi connectivity index (χ1) is 7.54. The van der Waals surface area contributed by atoms with Crippen molar-refractivity contribution in [1.82, 2.24) is 9.29 Å². The normalized spacial score (nSPS) is 11.4. The average molecular weight is 259 g/mol. The molecule has 0 aliphatic rings. The van der Waals surface area contributed by atoms with Crippen molar-refractivity contribution in [3.63, 3.8) is 0 Å². The molecule has 0 bridgehead atoms. The smallest absolute Gasteiger partial charge is 0.246 e. The Labute approximate surface area is 100 Å². The molecule has 1 aromatic heterocycles. The van der Waals surface area contributed by atoms with Crippen molar-refractivity contribution >= 4 is 21.6 Å². The second-order valence-electron chi connectivity index (χ2n) is 2.94. The quantitative estimate of drug-likeness (QED) is 0.767. The van der Waals surface area contributed by atoms with Gasteiger partial charge in [-0.3, -0.25) is 4.98 Å². The lowest BCUT2D eigenvalue weighted by Crippen LogP contribution is -2.31. The van der Waals surface area contributed by atoms with Gasteiger partial charge in [0.15, 0.2) is 0 Å². The summed E-state index contributed by atoms with van der Waals surface area (Å²) in [5.41, 5.74) is 0. The Bertz CT molecular complexity index is 508. The summed E-state index contributed by atoms with van der Waals surface area (Å²) in [6.07, 6.45) is 7.76. The zero-order valence-corrected chi connectivity index (χ0v) is 10.3. The van der Waals surface area contributed by atoms with Crippen molar-refractivity contribution in [2.24, 2.45) is 0 Å². The summed E-state index contributed by atoms with van der Waals surface area (Å²) >= 11 is 5.81. The SMILES string of the molecule is C#CCN(CC)S(=O)(=O)c1cnccc1Cl. The highest BCUT2D eigenvalue weighted by atomic mass is 35.5. The number of pyridine rings is 1. The highest BCUT2D eigenvalue weighted by Gasteiger charge is 2.24. The average Bonchev–Trinajstić information content (AvgIpc) is 2.26. The Morgan fingerprint density at radius 1 is 1.62 bits per heavy atom. The van der Waals surface area contributed by atoms with E-state index in [4.69, 9.17) is 18.0 Å². The molecule has 0 unspecified atom stereocenters. The monoisotopic (exact) mass is 258 g/mol. The van der Waals surface area contributed by atoms with E-state index in [0.29, 0.717) is 0 Å². The van der Waals surface area contributed by atoms with E-state index in [-0.39, 0.29) is 23.0 Å². The second kappa shape index (κ2) is 5.30. The van der Waals surface area contributed by atoms with E-state index in [1.54, 1.807) is 6.92 Å². The standard InChI is InChI=1S/C10H11ClN2O2S/c1-3-7-13(4-2)16(14,15)10-8-12-6-5-9(10)11/h1,5-6,8H,4,7H2,2H3. The molecular weight excluding hydrogens is 248 g/mol. The van der Waals surface area contributed by atoms with E-state index in [1.807, 2.05) is 0 Å². The van der Waals surface area contributed by atoms with Gasteiger partial charge in [-0.25, -0.2) is 8.42 Å². The van der Waals surface area contributed by atoms with E-state index in [2.05, 4.69) is 10.9 Å². The fourth-order valence-electron chi connectivity index (χ4n) is 1.16. The van der Waals surface area contributed by atoms with Gasteiger partial charge >= 0.3 is 0 Å². The molecule has 0 saturated carbocycles. The molecule has 0 spiro atoms. The number of terminal acetylenes is 1. The molecule has 16 heavy (non-hydrogen) atoms. The van der Waals surface area contributed by atoms with Crippen LogP contribution in [0, 0.1) is 12.3 Å². The zero-order chi connectivity index (χ0) is 12.2. The van der Waals surface area contributed by atoms with Crippen LogP contribution in [0.25, 0.3) is 0 Å². The Balaban J connectivity index is 3.22. The highest BCUT2D eigenvalue weighted by molar-refractivity contribution is 7.89. The maximum atomic E-state index is 12.1. The number of halogens is 1. The first-order valence-corrected chi connectivity index (χ1v) is 6.39. The summed E-state index contributed by atoms with van der Waals surface area (Å²) in [4.78, 5) is 3.73. The minimum atomic E-state index is -3.65. The summed E-state index contributed by atoms with van der Waals surface area (Å²) in [5.74, 6) is 2.30. The van der Waals surface area contributed by atoms with Gasteiger partial charge in [-0.2, -0.15) is 4.31 Å². The van der Waals surface area contributed by atoms with Crippen molar-refractivity contribution in [1.29, 1.82) is 0 Å². The molecule has 0 amide bonds. The van der Waals surface area contributed by atoms with Crippen LogP contribution in [0.5, 0.6) is 0 Å². The predicted octanol–water partition coefficient (Wildman–Crippen LogP) is 1.38. The van der Waals surface area contributed by atoms with Gasteiger partial charge in [0, 0.05) is 18.9 Å². The van der Waals surface area contributed by atoms with Gasteiger partial charge in [-0.15, -0.1) is 6.42 Å². The lowest BCUT2D eigenvalue weighted by Gasteiger charge is -2.17. The van der Waals surface area contributed by atoms with Gasteiger partial charge in [0.1, 0.15) is 4.90 Å². The number of rotatable bonds is 4. The van der Waals surface area contributed by atoms with Crippen molar-refractivity contribution in [3.05, 3.63) is 23.5 Å². The van der Waals surface area contributed by atoms with Gasteiger partial charge < -0.3 is 0 Å². The van der Waals surface area contributed by atoms with E-state index in [0.717, 1.165) is 4.31 Å². The summed E-state index contributed by atoms with van der Waals surface area (Å²) < 4.78 is 25.3. The molecule has 0 atom stereocenters. The van der Waals surface area contributed by atoms with Crippen LogP contribution in [0.1, 0.15) is 6.92 Å². The third-order valence-electron chi connectivity index (χ3n) is 1.97. The van der Waals surface area contributed by atoms with E-state index in [9.17, 15) is 8.42 Å². The van der Waals surface area contributed by atoms with Gasteiger partial charge in [0.05, 0.1) is 11.6 Å². The molecule has 0 saturated heterocycles. The summed E-state index contributed by atoms with van der Waals surface area (Å²) in [5, 5.41) is 0.144. The lowest BCUT2D eigenvalue weighted by molar-refractivity contribution is 0.464. The van der Waals surface area contributed by atoms with Gasteiger partial charge in [0.2, 0.25) is 10.0 Å². The third kappa shape index (κ3) is 2.53. The highest BCUT2D eigenvalue weighted by Crippen LogP contribution is 2.22. The Morgan fingerprint density at radius 3 is 2.81 bits per heavy atom. The molecule has 0 aliphatic heterocycles. The Morgan fingerprint density at radius 2 is 2.31 bits per heavy atom. The van der Waals surface area contributed by atoms with Crippen LogP contribution in [0.3, 0.4) is 0 Å². The van der Waals surface area contributed by atoms with Crippen molar-refractivity contribution in [2.45, 2.75) is 11.8 Å². The van der Waals surface area contributed by atoms with Crippen LogP contribution in [-0.2, 0) is 10.0 Å². The minimum absolute atomic E-state index is 0.0179. The molecule has 86 valence electrons. The molecule has 0 radical (unpaired) electrons. The van der Waals surface area contributed by atoms with Crippen LogP contribution in [0.2, 0.25) is 5.02 Å². The first-order valence-electron chi connectivity index (χ1n) is 4.57. The molecular formula is C10H11ClN2O2S. The molecule has 1 heterocycles. The van der Waals surface area contributed by atoms with E-state index >= 15 is 0 Å². The largest absolute Gasteiger partial charge is 0.263 e. The van der Waals surface area contributed by atoms with Crippen LogP contribution in [-0.4, -0.2) is 30.8 Å². The van der Waals surface area contributed by atoms with Crippen molar-refractivity contribution in [2.75, 3.05) is 13.1 Å². The number of nitrogens with zero attached hydrogens (tertiary/aromatic N) is 2. The number of hydrogen-bond donors (Lipinski definition) is 0. The van der Waals surface area contributed by atoms with Crippen molar-refractivity contribution in [3.8, 4) is 12.3 Å². The van der Waals surface area contributed by atoms with Gasteiger partial charge in [-0.1, -0.05) is 24.4 Å². The number of sulfonamides is 1. The molecule has 0 N–H and O–H groups in total. The number of hydrogen-bond acceptors (Lipinski definition) is 3. The Kier molecular flexibility index (Phi) is 4.30. The molecule has 0 aliphatic carbocycles. The van der Waals surface area contributed by atoms with E-state index < -0.39 is 10.0 Å². The van der Waals surface area contributed by atoms with E-state index in [1.165, 1.54) is 18.5 Å². The fraction of sp³-hybridized carbons (Fsp3) is 0.300. The first kappa shape index (κ1) is 13.0. The van der Waals surface area contributed by atoms with Crippen LogP contribution in [0.4, 0.5) is 0 Å². The fourth-order valence-corrected chi connectivity index (χ4v) is 2.93. The number of aromatic nitrogens is 1. The molecule has 4 nitrogen and oxygen atoms in total. The maximum absolute atomic E-state index is 12.1. The van der Waals surface area contributed by atoms with Gasteiger partial charge in [0.25, 0.3) is 0 Å². The summed E-state index contributed by atoms with van der Waals surface area (Å²) in [6.45, 7) is 2.01. The third-order valence-corrected chi connectivity index (χ3v) is 4.36. The molecule has 0 fully saturated rings. The topological polar surface area (TPSA) is 50.3 Å². The molecule has 6 heteroatoms. The zero-order valence-electron chi connectivity index (χ0n) is 8.72. The summed E-state index contributed by atoms with van der Waals surface area (Å²) in [6, 6.07) is 1.43. The van der Waals surface area contributed by atoms with Crippen LogP contribution >= 0.6 is 11.6 Å². The van der Waals surface area contributed by atoms with Crippen LogP contribution in [0.15, 0.2) is 23.4 Å². The van der Waals surface area contributed by atoms with Crippen LogP contribution < -0.4 is 0 Å². The predicted molar refractivity (Wildman–Crippen MR) is 62.5 cm³/mol. The minimum Gasteiger partial charge on any atom is -0.263 e. The molecule has 1 aromatic rings.